The van der Waals surface area contributed by atoms with Crippen molar-refractivity contribution in [2.24, 2.45) is 5.92 Å². The topological polar surface area (TPSA) is 70.7 Å². The van der Waals surface area contributed by atoms with E-state index in [1.165, 1.54) is 0 Å². The van der Waals surface area contributed by atoms with Crippen LogP contribution in [-0.2, 0) is 9.53 Å². The van der Waals surface area contributed by atoms with Crippen molar-refractivity contribution in [3.8, 4) is 0 Å². The van der Waals surface area contributed by atoms with Crippen LogP contribution >= 0.6 is 0 Å². The smallest absolute Gasteiger partial charge is 0.253 e. The number of rotatable bonds is 8. The average Bonchev–Trinajstić information content (AvgIpc) is 2.64. The number of methoxy groups -OCH3 is 1. The third-order valence-electron chi connectivity index (χ3n) is 4.50. The van der Waals surface area contributed by atoms with Crippen LogP contribution in [0.4, 0.5) is 5.69 Å². The van der Waals surface area contributed by atoms with Gasteiger partial charge in [-0.15, -0.1) is 0 Å². The number of likely N-dealkylation sites (tertiary alicyclic amines) is 1. The van der Waals surface area contributed by atoms with Crippen LogP contribution < -0.4 is 10.6 Å². The molecule has 1 fully saturated rings. The maximum absolute atomic E-state index is 12.5. The Morgan fingerprint density at radius 1 is 1.20 bits per heavy atom. The van der Waals surface area contributed by atoms with Gasteiger partial charge in [0.25, 0.3) is 5.91 Å². The highest BCUT2D eigenvalue weighted by Gasteiger charge is 2.21. The van der Waals surface area contributed by atoms with Crippen molar-refractivity contribution < 1.29 is 14.3 Å². The van der Waals surface area contributed by atoms with E-state index in [1.54, 1.807) is 7.11 Å². The van der Waals surface area contributed by atoms with Crippen molar-refractivity contribution in [2.45, 2.75) is 26.2 Å². The first-order valence-corrected chi connectivity index (χ1v) is 8.99. The van der Waals surface area contributed by atoms with Gasteiger partial charge in [-0.3, -0.25) is 9.59 Å². The van der Waals surface area contributed by atoms with E-state index in [2.05, 4.69) is 17.6 Å². The van der Waals surface area contributed by atoms with E-state index in [-0.39, 0.29) is 18.4 Å². The molecule has 2 N–H and O–H groups in total. The van der Waals surface area contributed by atoms with Crippen molar-refractivity contribution in [1.82, 2.24) is 10.2 Å². The van der Waals surface area contributed by atoms with Gasteiger partial charge in [-0.1, -0.05) is 6.92 Å². The zero-order valence-corrected chi connectivity index (χ0v) is 15.2. The number of benzene rings is 1. The number of ether oxygens (including phenoxy) is 1. The molecule has 25 heavy (non-hydrogen) atoms. The van der Waals surface area contributed by atoms with Crippen LogP contribution in [0.3, 0.4) is 0 Å². The quantitative estimate of drug-likeness (QED) is 0.707. The molecule has 6 heteroatoms. The molecule has 0 radical (unpaired) electrons. The third kappa shape index (κ3) is 6.38. The predicted octanol–water partition coefficient (Wildman–Crippen LogP) is 2.12. The monoisotopic (exact) mass is 347 g/mol. The SMILES string of the molecule is COCCCNC(=O)CNc1ccc(C(=O)N2CCC(C)CC2)cc1. The molecule has 138 valence electrons. The van der Waals surface area contributed by atoms with Gasteiger partial charge in [0, 0.05) is 44.6 Å². The van der Waals surface area contributed by atoms with Crippen molar-refractivity contribution in [2.75, 3.05) is 45.2 Å². The Morgan fingerprint density at radius 2 is 1.88 bits per heavy atom. The van der Waals surface area contributed by atoms with E-state index < -0.39 is 0 Å². The molecule has 0 aromatic heterocycles. The third-order valence-corrected chi connectivity index (χ3v) is 4.50. The van der Waals surface area contributed by atoms with E-state index in [0.717, 1.165) is 38.0 Å². The van der Waals surface area contributed by atoms with Gasteiger partial charge < -0.3 is 20.3 Å². The highest BCUT2D eigenvalue weighted by atomic mass is 16.5. The summed E-state index contributed by atoms with van der Waals surface area (Å²) in [5.41, 5.74) is 1.53. The summed E-state index contributed by atoms with van der Waals surface area (Å²) in [6.07, 6.45) is 2.95. The maximum Gasteiger partial charge on any atom is 0.253 e. The van der Waals surface area contributed by atoms with E-state index in [4.69, 9.17) is 4.74 Å². The minimum atomic E-state index is -0.0568. The second-order valence-electron chi connectivity index (χ2n) is 6.60. The summed E-state index contributed by atoms with van der Waals surface area (Å²) in [4.78, 5) is 26.1. The van der Waals surface area contributed by atoms with Crippen LogP contribution in [0.1, 0.15) is 36.5 Å². The van der Waals surface area contributed by atoms with E-state index in [1.807, 2.05) is 29.2 Å². The van der Waals surface area contributed by atoms with E-state index >= 15 is 0 Å². The molecule has 0 spiro atoms. The summed E-state index contributed by atoms with van der Waals surface area (Å²) < 4.78 is 4.93. The maximum atomic E-state index is 12.5. The van der Waals surface area contributed by atoms with Crippen LogP contribution in [0.25, 0.3) is 0 Å². The predicted molar refractivity (Wildman–Crippen MR) is 98.7 cm³/mol. The van der Waals surface area contributed by atoms with Gasteiger partial charge in [0.15, 0.2) is 0 Å². The molecule has 6 nitrogen and oxygen atoms in total. The summed E-state index contributed by atoms with van der Waals surface area (Å²) in [6.45, 7) is 5.36. The van der Waals surface area contributed by atoms with E-state index in [0.29, 0.717) is 24.6 Å². The van der Waals surface area contributed by atoms with Crippen LogP contribution in [-0.4, -0.2) is 56.6 Å². The van der Waals surface area contributed by atoms with Gasteiger partial charge in [-0.2, -0.15) is 0 Å². The van der Waals surface area contributed by atoms with Gasteiger partial charge in [-0.25, -0.2) is 0 Å². The zero-order valence-electron chi connectivity index (χ0n) is 15.2. The fourth-order valence-corrected chi connectivity index (χ4v) is 2.81. The Bertz CT molecular complexity index is 552. The van der Waals surface area contributed by atoms with Gasteiger partial charge in [-0.05, 0) is 49.4 Å². The molecule has 0 bridgehead atoms. The molecule has 1 heterocycles. The Hall–Kier alpha value is -2.08. The molecule has 2 rings (SSSR count). The molecule has 1 aromatic carbocycles. The lowest BCUT2D eigenvalue weighted by atomic mass is 9.98. The normalized spacial score (nSPS) is 15.0. The summed E-state index contributed by atoms with van der Waals surface area (Å²) in [7, 11) is 1.64. The summed E-state index contributed by atoms with van der Waals surface area (Å²) in [5.74, 6) is 0.740. The standard InChI is InChI=1S/C19H29N3O3/c1-15-8-11-22(12-9-15)19(24)16-4-6-17(7-5-16)21-14-18(23)20-10-3-13-25-2/h4-7,15,21H,3,8-14H2,1-2H3,(H,20,23). The number of nitrogens with one attached hydrogen (secondary N) is 2. The van der Waals surface area contributed by atoms with E-state index in [9.17, 15) is 9.59 Å². The number of carbonyl (C=O) groups is 2. The minimum Gasteiger partial charge on any atom is -0.385 e. The highest BCUT2D eigenvalue weighted by Crippen LogP contribution is 2.19. The Labute approximate surface area is 149 Å². The molecule has 0 atom stereocenters. The van der Waals surface area contributed by atoms with Crippen molar-refractivity contribution >= 4 is 17.5 Å². The van der Waals surface area contributed by atoms with Crippen LogP contribution in [0.5, 0.6) is 0 Å². The molecule has 0 unspecified atom stereocenters. The first-order valence-electron chi connectivity index (χ1n) is 8.99. The van der Waals surface area contributed by atoms with Crippen LogP contribution in [0.2, 0.25) is 0 Å². The first kappa shape index (κ1) is 19.2. The minimum absolute atomic E-state index is 0.0568. The number of amides is 2. The second-order valence-corrected chi connectivity index (χ2v) is 6.60. The molecule has 1 aliphatic heterocycles. The van der Waals surface area contributed by atoms with Crippen LogP contribution in [0.15, 0.2) is 24.3 Å². The fraction of sp³-hybridized carbons (Fsp3) is 0.579. The van der Waals surface area contributed by atoms with Gasteiger partial charge in [0.1, 0.15) is 0 Å². The second kappa shape index (κ2) is 10.0. The summed E-state index contributed by atoms with van der Waals surface area (Å²) >= 11 is 0. The van der Waals surface area contributed by atoms with Crippen molar-refractivity contribution in [3.05, 3.63) is 29.8 Å². The fourth-order valence-electron chi connectivity index (χ4n) is 2.81. The Balaban J connectivity index is 1.75. The lowest BCUT2D eigenvalue weighted by Gasteiger charge is -2.30. The summed E-state index contributed by atoms with van der Waals surface area (Å²) in [5, 5.41) is 5.89. The van der Waals surface area contributed by atoms with Crippen molar-refractivity contribution in [1.29, 1.82) is 0 Å². The number of carbonyl (C=O) groups excluding carboxylic acids is 2. The average molecular weight is 347 g/mol. The molecule has 1 saturated heterocycles. The van der Waals surface area contributed by atoms with Crippen LogP contribution in [0, 0.1) is 5.92 Å². The number of nitrogens with zero attached hydrogens (tertiary/aromatic N) is 1. The first-order chi connectivity index (χ1) is 12.1. The van der Waals surface area contributed by atoms with Gasteiger partial charge >= 0.3 is 0 Å². The molecule has 2 amide bonds. The molecule has 0 aliphatic carbocycles. The summed E-state index contributed by atoms with van der Waals surface area (Å²) in [6, 6.07) is 7.33. The molecule has 1 aliphatic rings. The Kier molecular flexibility index (Phi) is 7.73. The largest absolute Gasteiger partial charge is 0.385 e. The molecular formula is C19H29N3O3. The zero-order chi connectivity index (χ0) is 18.1. The number of anilines is 1. The lowest BCUT2D eigenvalue weighted by Crippen LogP contribution is -2.37. The van der Waals surface area contributed by atoms with Gasteiger partial charge in [0.05, 0.1) is 6.54 Å². The number of piperidine rings is 1. The molecule has 1 aromatic rings. The lowest BCUT2D eigenvalue weighted by molar-refractivity contribution is -0.119. The highest BCUT2D eigenvalue weighted by molar-refractivity contribution is 5.94. The molecule has 0 saturated carbocycles. The van der Waals surface area contributed by atoms with Crippen molar-refractivity contribution in [3.63, 3.8) is 0 Å². The molecular weight excluding hydrogens is 318 g/mol. The number of hydrogen-bond donors (Lipinski definition) is 2. The number of hydrogen-bond acceptors (Lipinski definition) is 4. The Morgan fingerprint density at radius 3 is 2.52 bits per heavy atom. The van der Waals surface area contributed by atoms with Gasteiger partial charge in [0.2, 0.25) is 5.91 Å².